The first-order chi connectivity index (χ1) is 9.10. The van der Waals surface area contributed by atoms with Crippen LogP contribution in [0.3, 0.4) is 0 Å². The van der Waals surface area contributed by atoms with E-state index in [1.807, 2.05) is 0 Å². The summed E-state index contributed by atoms with van der Waals surface area (Å²) in [5, 5.41) is 7.86. The third-order valence-corrected chi connectivity index (χ3v) is 3.74. The number of benzene rings is 1. The number of hydrogen-bond donors (Lipinski definition) is 2. The fourth-order valence-corrected chi connectivity index (χ4v) is 2.59. The van der Waals surface area contributed by atoms with Gasteiger partial charge in [0.2, 0.25) is 0 Å². The number of nitrogens with one attached hydrogen (secondary N) is 1. The number of nitrogen functional groups attached to an aromatic ring is 1. The van der Waals surface area contributed by atoms with Gasteiger partial charge in [-0.1, -0.05) is 11.6 Å². The lowest BCUT2D eigenvalue weighted by Crippen LogP contribution is -2.29. The number of amidine groups is 1. The van der Waals surface area contributed by atoms with E-state index in [0.29, 0.717) is 16.3 Å². The molecule has 0 aliphatic heterocycles. The molecule has 1 aliphatic carbocycles. The molecule has 1 aliphatic rings. The van der Waals surface area contributed by atoms with E-state index in [2.05, 4.69) is 0 Å². The van der Waals surface area contributed by atoms with Gasteiger partial charge in [-0.05, 0) is 37.5 Å². The molecule has 0 spiro atoms. The van der Waals surface area contributed by atoms with E-state index in [9.17, 15) is 0 Å². The van der Waals surface area contributed by atoms with Gasteiger partial charge in [-0.2, -0.15) is 0 Å². The largest absolute Gasteiger partial charge is 0.489 e. The fraction of sp³-hybridized carbons (Fsp3) is 0.500. The van der Waals surface area contributed by atoms with Crippen molar-refractivity contribution in [3.05, 3.63) is 28.8 Å². The zero-order valence-electron chi connectivity index (χ0n) is 11.0. The molecule has 1 aromatic rings. The van der Waals surface area contributed by atoms with Gasteiger partial charge in [0.1, 0.15) is 17.7 Å². The molecule has 3 N–H and O–H groups in total. The number of halogens is 1. The summed E-state index contributed by atoms with van der Waals surface area (Å²) in [5.41, 5.74) is 6.03. The predicted octanol–water partition coefficient (Wildman–Crippen LogP) is 2.96. The van der Waals surface area contributed by atoms with Gasteiger partial charge in [0, 0.05) is 19.1 Å². The average molecular weight is 283 g/mol. The first-order valence-corrected chi connectivity index (χ1v) is 6.81. The maximum atomic E-state index is 7.37. The second-order valence-corrected chi connectivity index (χ2v) is 5.23. The Morgan fingerprint density at radius 2 is 2.11 bits per heavy atom. The van der Waals surface area contributed by atoms with Gasteiger partial charge in [0.25, 0.3) is 0 Å². The topological polar surface area (TPSA) is 68.3 Å². The van der Waals surface area contributed by atoms with Crippen molar-refractivity contribution >= 4 is 17.4 Å². The molecule has 5 heteroatoms. The van der Waals surface area contributed by atoms with Gasteiger partial charge in [-0.15, -0.1) is 0 Å². The summed E-state index contributed by atoms with van der Waals surface area (Å²) in [4.78, 5) is 0. The summed E-state index contributed by atoms with van der Waals surface area (Å²) < 4.78 is 11.3. The van der Waals surface area contributed by atoms with Crippen LogP contribution in [-0.4, -0.2) is 25.2 Å². The molecule has 1 fully saturated rings. The third kappa shape index (κ3) is 3.61. The van der Waals surface area contributed by atoms with Gasteiger partial charge in [0.15, 0.2) is 0 Å². The van der Waals surface area contributed by atoms with Crippen molar-refractivity contribution in [2.24, 2.45) is 5.73 Å². The van der Waals surface area contributed by atoms with E-state index >= 15 is 0 Å². The number of hydrogen-bond acceptors (Lipinski definition) is 3. The Balaban J connectivity index is 2.04. The highest BCUT2D eigenvalue weighted by Crippen LogP contribution is 2.30. The highest BCUT2D eigenvalue weighted by molar-refractivity contribution is 6.32. The normalized spacial score (nSPS) is 23.1. The lowest BCUT2D eigenvalue weighted by molar-refractivity contribution is 0.0210. The van der Waals surface area contributed by atoms with Crippen LogP contribution >= 0.6 is 11.6 Å². The van der Waals surface area contributed by atoms with Gasteiger partial charge >= 0.3 is 0 Å². The maximum absolute atomic E-state index is 7.37. The molecule has 0 saturated heterocycles. The summed E-state index contributed by atoms with van der Waals surface area (Å²) in [6.45, 7) is 0. The molecule has 2 rings (SSSR count). The van der Waals surface area contributed by atoms with Crippen LogP contribution in [0, 0.1) is 5.41 Å². The molecule has 0 radical (unpaired) electrons. The quantitative estimate of drug-likeness (QED) is 0.659. The van der Waals surface area contributed by atoms with Crippen molar-refractivity contribution in [2.45, 2.75) is 37.9 Å². The Morgan fingerprint density at radius 1 is 1.37 bits per heavy atom. The van der Waals surface area contributed by atoms with Gasteiger partial charge < -0.3 is 15.2 Å². The minimum atomic E-state index is 0.00515. The minimum Gasteiger partial charge on any atom is -0.489 e. The van der Waals surface area contributed by atoms with Crippen molar-refractivity contribution < 1.29 is 9.47 Å². The highest BCUT2D eigenvalue weighted by Gasteiger charge is 2.23. The molecular weight excluding hydrogens is 264 g/mol. The SMILES string of the molecule is COC1CCCC(Oc2ccc(C(=N)N)cc2Cl)C1. The summed E-state index contributed by atoms with van der Waals surface area (Å²) >= 11 is 6.15. The molecule has 2 unspecified atom stereocenters. The van der Waals surface area contributed by atoms with Gasteiger partial charge in [-0.25, -0.2) is 0 Å². The molecule has 2 atom stereocenters. The Kier molecular flexibility index (Phi) is 4.66. The lowest BCUT2D eigenvalue weighted by atomic mass is 9.95. The first kappa shape index (κ1) is 14.2. The Morgan fingerprint density at radius 3 is 2.74 bits per heavy atom. The standard InChI is InChI=1S/C14H19ClN2O2/c1-18-10-3-2-4-11(8-10)19-13-6-5-9(14(16)17)7-12(13)15/h5-7,10-11H,2-4,8H2,1H3,(H3,16,17). The van der Waals surface area contributed by atoms with Gasteiger partial charge in [-0.3, -0.25) is 5.41 Å². The zero-order chi connectivity index (χ0) is 13.8. The maximum Gasteiger partial charge on any atom is 0.138 e. The molecular formula is C14H19ClN2O2. The van der Waals surface area contributed by atoms with E-state index < -0.39 is 0 Å². The second kappa shape index (κ2) is 6.26. The molecule has 0 heterocycles. The van der Waals surface area contributed by atoms with Crippen LogP contribution in [0.15, 0.2) is 18.2 Å². The van der Waals surface area contributed by atoms with Crippen LogP contribution in [0.4, 0.5) is 0 Å². The Bertz CT molecular complexity index is 465. The Hall–Kier alpha value is -1.26. The molecule has 4 nitrogen and oxygen atoms in total. The molecule has 0 aromatic heterocycles. The minimum absolute atomic E-state index is 0.00515. The number of rotatable bonds is 4. The van der Waals surface area contributed by atoms with Crippen LogP contribution in [0.1, 0.15) is 31.2 Å². The van der Waals surface area contributed by atoms with Crippen LogP contribution in [0.25, 0.3) is 0 Å². The van der Waals surface area contributed by atoms with E-state index in [0.717, 1.165) is 25.7 Å². The van der Waals surface area contributed by atoms with E-state index in [1.54, 1.807) is 25.3 Å². The van der Waals surface area contributed by atoms with Crippen LogP contribution < -0.4 is 10.5 Å². The molecule has 1 saturated carbocycles. The summed E-state index contributed by atoms with van der Waals surface area (Å²) in [6.07, 6.45) is 4.51. The number of methoxy groups -OCH3 is 1. The molecule has 1 aromatic carbocycles. The van der Waals surface area contributed by atoms with Crippen LogP contribution in [0.5, 0.6) is 5.75 Å². The fourth-order valence-electron chi connectivity index (χ4n) is 2.37. The lowest BCUT2D eigenvalue weighted by Gasteiger charge is -2.29. The zero-order valence-corrected chi connectivity index (χ0v) is 11.7. The second-order valence-electron chi connectivity index (χ2n) is 4.82. The first-order valence-electron chi connectivity index (χ1n) is 6.43. The average Bonchev–Trinajstić information content (AvgIpc) is 2.41. The van der Waals surface area contributed by atoms with Crippen molar-refractivity contribution in [2.75, 3.05) is 7.11 Å². The van der Waals surface area contributed by atoms with Crippen molar-refractivity contribution in [1.82, 2.24) is 0 Å². The highest BCUT2D eigenvalue weighted by atomic mass is 35.5. The van der Waals surface area contributed by atoms with E-state index in [4.69, 9.17) is 32.2 Å². The van der Waals surface area contributed by atoms with E-state index in [-0.39, 0.29) is 18.0 Å². The van der Waals surface area contributed by atoms with E-state index in [1.165, 1.54) is 0 Å². The smallest absolute Gasteiger partial charge is 0.138 e. The monoisotopic (exact) mass is 282 g/mol. The summed E-state index contributed by atoms with van der Waals surface area (Å²) in [7, 11) is 1.74. The van der Waals surface area contributed by atoms with Crippen LogP contribution in [0.2, 0.25) is 5.02 Å². The van der Waals surface area contributed by atoms with Gasteiger partial charge in [0.05, 0.1) is 11.1 Å². The molecule has 0 bridgehead atoms. The summed E-state index contributed by atoms with van der Waals surface area (Å²) in [5.74, 6) is 0.652. The Labute approximate surface area is 118 Å². The summed E-state index contributed by atoms with van der Waals surface area (Å²) in [6, 6.07) is 5.19. The van der Waals surface area contributed by atoms with Crippen LogP contribution in [-0.2, 0) is 4.74 Å². The number of nitrogens with two attached hydrogens (primary N) is 1. The number of ether oxygens (including phenoxy) is 2. The van der Waals surface area contributed by atoms with Crippen molar-refractivity contribution in [3.8, 4) is 5.75 Å². The molecule has 19 heavy (non-hydrogen) atoms. The van der Waals surface area contributed by atoms with Crippen molar-refractivity contribution in [3.63, 3.8) is 0 Å². The third-order valence-electron chi connectivity index (χ3n) is 3.45. The predicted molar refractivity (Wildman–Crippen MR) is 76.1 cm³/mol. The molecule has 104 valence electrons. The molecule has 0 amide bonds. The van der Waals surface area contributed by atoms with Crippen molar-refractivity contribution in [1.29, 1.82) is 5.41 Å².